The van der Waals surface area contributed by atoms with Gasteiger partial charge in [0.05, 0.1) is 15.1 Å². The van der Waals surface area contributed by atoms with Gasteiger partial charge in [0, 0.05) is 30.4 Å². The second-order valence-electron chi connectivity index (χ2n) is 7.01. The molecule has 0 aliphatic heterocycles. The first-order valence-corrected chi connectivity index (χ1v) is 9.08. The fourth-order valence-electron chi connectivity index (χ4n) is 2.41. The summed E-state index contributed by atoms with van der Waals surface area (Å²) in [5.74, 6) is 0. The summed E-state index contributed by atoms with van der Waals surface area (Å²) in [6.07, 6.45) is -0.429. The monoisotopic (exact) mass is 385 g/mol. The van der Waals surface area contributed by atoms with Gasteiger partial charge in [-0.15, -0.1) is 11.3 Å². The number of carbonyl (C=O) groups is 1. The van der Waals surface area contributed by atoms with Gasteiger partial charge in [-0.1, -0.05) is 0 Å². The second kappa shape index (κ2) is 6.96. The number of non-ortho nitro benzene ring substituents is 1. The lowest BCUT2D eigenvalue weighted by Gasteiger charge is -2.24. The molecule has 27 heavy (non-hydrogen) atoms. The van der Waals surface area contributed by atoms with Gasteiger partial charge in [-0.25, -0.2) is 9.78 Å². The van der Waals surface area contributed by atoms with Crippen LogP contribution in [-0.2, 0) is 4.74 Å². The molecule has 3 aromatic rings. The number of hydrogen-bond donors (Lipinski definition) is 0. The van der Waals surface area contributed by atoms with Gasteiger partial charge in [-0.3, -0.25) is 15.0 Å². The van der Waals surface area contributed by atoms with Crippen LogP contribution in [0.1, 0.15) is 20.8 Å². The van der Waals surface area contributed by atoms with Crippen molar-refractivity contribution in [3.8, 4) is 10.6 Å². The smallest absolute Gasteiger partial charge is 0.414 e. The maximum Gasteiger partial charge on any atom is 0.414 e. The molecule has 0 fully saturated rings. The third-order valence-corrected chi connectivity index (χ3v) is 4.82. The van der Waals surface area contributed by atoms with Crippen LogP contribution >= 0.6 is 11.3 Å². The first-order chi connectivity index (χ1) is 12.6. The van der Waals surface area contributed by atoms with Crippen molar-refractivity contribution < 1.29 is 14.5 Å². The van der Waals surface area contributed by atoms with Gasteiger partial charge in [0.2, 0.25) is 0 Å². The number of fused-ring (bicyclic) bond motifs is 1. The number of ether oxygens (including phenoxy) is 1. The van der Waals surface area contributed by atoms with Crippen LogP contribution in [0.4, 0.5) is 16.2 Å². The standard InChI is InChI=1S/C19H19N3O4S/c1-19(2,3)26-18(23)21(4)14-9-10-15-16(11-14)27-17(20-15)12-5-7-13(8-6-12)22(24)25/h5-11H,1-4H3. The number of benzene rings is 2. The van der Waals surface area contributed by atoms with Gasteiger partial charge >= 0.3 is 6.09 Å². The molecular formula is C19H19N3O4S. The van der Waals surface area contributed by atoms with Crippen molar-refractivity contribution in [1.29, 1.82) is 0 Å². The zero-order valence-corrected chi connectivity index (χ0v) is 16.2. The highest BCUT2D eigenvalue weighted by molar-refractivity contribution is 7.21. The zero-order chi connectivity index (χ0) is 19.8. The zero-order valence-electron chi connectivity index (χ0n) is 15.4. The van der Waals surface area contributed by atoms with Crippen molar-refractivity contribution >= 4 is 39.0 Å². The van der Waals surface area contributed by atoms with Crippen LogP contribution in [0.2, 0.25) is 0 Å². The summed E-state index contributed by atoms with van der Waals surface area (Å²) in [6.45, 7) is 5.46. The van der Waals surface area contributed by atoms with Crippen molar-refractivity contribution in [1.82, 2.24) is 4.98 Å². The van der Waals surface area contributed by atoms with Crippen LogP contribution in [0.25, 0.3) is 20.8 Å². The molecule has 1 aromatic heterocycles. The molecule has 2 aromatic carbocycles. The summed E-state index contributed by atoms with van der Waals surface area (Å²) in [4.78, 5) is 28.6. The largest absolute Gasteiger partial charge is 0.443 e. The Bertz CT molecular complexity index is 1010. The van der Waals surface area contributed by atoms with Crippen LogP contribution in [0, 0.1) is 10.1 Å². The van der Waals surface area contributed by atoms with E-state index in [0.29, 0.717) is 5.69 Å². The highest BCUT2D eigenvalue weighted by atomic mass is 32.1. The number of carbonyl (C=O) groups excluding carboxylic acids is 1. The van der Waals surface area contributed by atoms with E-state index in [4.69, 9.17) is 4.74 Å². The number of rotatable bonds is 3. The molecule has 1 heterocycles. The minimum Gasteiger partial charge on any atom is -0.443 e. The Hall–Kier alpha value is -3.00. The van der Waals surface area contributed by atoms with Gasteiger partial charge in [-0.2, -0.15) is 0 Å². The first kappa shape index (κ1) is 18.8. The molecule has 7 nitrogen and oxygen atoms in total. The van der Waals surface area contributed by atoms with Crippen LogP contribution in [0.15, 0.2) is 42.5 Å². The number of amides is 1. The summed E-state index contributed by atoms with van der Waals surface area (Å²) in [7, 11) is 1.66. The Morgan fingerprint density at radius 1 is 1.19 bits per heavy atom. The van der Waals surface area contributed by atoms with Crippen LogP contribution < -0.4 is 4.90 Å². The van der Waals surface area contributed by atoms with Crippen molar-refractivity contribution in [2.24, 2.45) is 0 Å². The van der Waals surface area contributed by atoms with E-state index >= 15 is 0 Å². The Kier molecular flexibility index (Phi) is 4.84. The van der Waals surface area contributed by atoms with Gasteiger partial charge in [-0.05, 0) is 51.1 Å². The average molecular weight is 385 g/mol. The quantitative estimate of drug-likeness (QED) is 0.454. The van der Waals surface area contributed by atoms with E-state index in [1.54, 1.807) is 19.2 Å². The number of nitro benzene ring substituents is 1. The number of nitro groups is 1. The lowest BCUT2D eigenvalue weighted by Crippen LogP contribution is -2.34. The van der Waals surface area contributed by atoms with E-state index in [1.807, 2.05) is 39.0 Å². The molecule has 0 spiro atoms. The van der Waals surface area contributed by atoms with Crippen molar-refractivity contribution in [2.75, 3.05) is 11.9 Å². The number of thiazole rings is 1. The Labute approximate surface area is 160 Å². The molecule has 8 heteroatoms. The Morgan fingerprint density at radius 2 is 1.85 bits per heavy atom. The van der Waals surface area contributed by atoms with Crippen LogP contribution in [0.3, 0.4) is 0 Å². The van der Waals surface area contributed by atoms with E-state index < -0.39 is 16.6 Å². The maximum atomic E-state index is 12.2. The summed E-state index contributed by atoms with van der Waals surface area (Å²) >= 11 is 1.46. The predicted octanol–water partition coefficient (Wildman–Crippen LogP) is 5.24. The third kappa shape index (κ3) is 4.22. The first-order valence-electron chi connectivity index (χ1n) is 8.26. The number of anilines is 1. The molecule has 1 amide bonds. The molecule has 0 unspecified atom stereocenters. The summed E-state index contributed by atoms with van der Waals surface area (Å²) in [6, 6.07) is 11.8. The number of nitrogens with zero attached hydrogens (tertiary/aromatic N) is 3. The molecule has 0 saturated heterocycles. The van der Waals surface area contributed by atoms with Crippen molar-refractivity contribution in [3.63, 3.8) is 0 Å². The molecule has 0 radical (unpaired) electrons. The minimum atomic E-state index is -0.566. The number of aromatic nitrogens is 1. The molecule has 0 N–H and O–H groups in total. The molecule has 0 saturated carbocycles. The van der Waals surface area contributed by atoms with E-state index in [0.717, 1.165) is 20.8 Å². The van der Waals surface area contributed by atoms with E-state index in [1.165, 1.54) is 28.4 Å². The van der Waals surface area contributed by atoms with Gasteiger partial charge in [0.15, 0.2) is 0 Å². The SMILES string of the molecule is CN(C(=O)OC(C)(C)C)c1ccc2nc(-c3ccc([N+](=O)[O-])cc3)sc2c1. The lowest BCUT2D eigenvalue weighted by molar-refractivity contribution is -0.384. The minimum absolute atomic E-state index is 0.0427. The van der Waals surface area contributed by atoms with Crippen LogP contribution in [0.5, 0.6) is 0 Å². The predicted molar refractivity (Wildman–Crippen MR) is 106 cm³/mol. The normalized spacial score (nSPS) is 11.4. The van der Waals surface area contributed by atoms with Gasteiger partial charge in [0.1, 0.15) is 10.6 Å². The Balaban J connectivity index is 1.88. The summed E-state index contributed by atoms with van der Waals surface area (Å²) in [5, 5.41) is 11.5. The van der Waals surface area contributed by atoms with Crippen LogP contribution in [-0.4, -0.2) is 28.6 Å². The summed E-state index contributed by atoms with van der Waals surface area (Å²) < 4.78 is 6.30. The fraction of sp³-hybridized carbons (Fsp3) is 0.263. The number of hydrogen-bond acceptors (Lipinski definition) is 6. The summed E-state index contributed by atoms with van der Waals surface area (Å²) in [5.41, 5.74) is 1.79. The van der Waals surface area contributed by atoms with E-state index in [9.17, 15) is 14.9 Å². The molecule has 0 atom stereocenters. The Morgan fingerprint density at radius 3 is 2.44 bits per heavy atom. The highest BCUT2D eigenvalue weighted by Gasteiger charge is 2.21. The topological polar surface area (TPSA) is 85.6 Å². The van der Waals surface area contributed by atoms with Gasteiger partial charge < -0.3 is 4.74 Å². The lowest BCUT2D eigenvalue weighted by atomic mass is 10.2. The van der Waals surface area contributed by atoms with E-state index in [2.05, 4.69) is 4.98 Å². The maximum absolute atomic E-state index is 12.2. The van der Waals surface area contributed by atoms with E-state index in [-0.39, 0.29) is 5.69 Å². The molecule has 0 aliphatic rings. The average Bonchev–Trinajstić information content (AvgIpc) is 3.02. The van der Waals surface area contributed by atoms with Gasteiger partial charge in [0.25, 0.3) is 5.69 Å². The fourth-order valence-corrected chi connectivity index (χ4v) is 3.41. The molecule has 0 aliphatic carbocycles. The third-order valence-electron chi connectivity index (χ3n) is 3.75. The second-order valence-corrected chi connectivity index (χ2v) is 8.05. The molecule has 0 bridgehead atoms. The molecular weight excluding hydrogens is 366 g/mol. The molecule has 140 valence electrons. The van der Waals surface area contributed by atoms with Crippen molar-refractivity contribution in [2.45, 2.75) is 26.4 Å². The molecule has 3 rings (SSSR count). The highest BCUT2D eigenvalue weighted by Crippen LogP contribution is 2.33. The van der Waals surface area contributed by atoms with Crippen molar-refractivity contribution in [3.05, 3.63) is 52.6 Å².